The van der Waals surface area contributed by atoms with Gasteiger partial charge in [0.2, 0.25) is 5.91 Å². The molecule has 150 valence electrons. The number of ether oxygens (including phenoxy) is 1. The van der Waals surface area contributed by atoms with E-state index < -0.39 is 0 Å². The van der Waals surface area contributed by atoms with Gasteiger partial charge in [0, 0.05) is 39.2 Å². The summed E-state index contributed by atoms with van der Waals surface area (Å²) in [5.41, 5.74) is 0. The van der Waals surface area contributed by atoms with Crippen LogP contribution in [0.25, 0.3) is 0 Å². The second kappa shape index (κ2) is 13.0. The second-order valence-corrected chi connectivity index (χ2v) is 7.56. The summed E-state index contributed by atoms with van der Waals surface area (Å²) in [6.45, 7) is 2.25. The molecule has 0 heterocycles. The highest BCUT2D eigenvalue weighted by molar-refractivity contribution is 5.81. The van der Waals surface area contributed by atoms with Crippen molar-refractivity contribution in [1.82, 2.24) is 16.0 Å². The van der Waals surface area contributed by atoms with E-state index in [1.165, 1.54) is 51.4 Å². The van der Waals surface area contributed by atoms with Gasteiger partial charge in [-0.05, 0) is 32.1 Å². The molecule has 2 fully saturated rings. The molecule has 0 aliphatic heterocycles. The van der Waals surface area contributed by atoms with Crippen molar-refractivity contribution in [2.75, 3.05) is 26.7 Å². The number of carbonyl (C=O) groups is 1. The normalized spacial score (nSPS) is 20.0. The van der Waals surface area contributed by atoms with Crippen molar-refractivity contribution in [3.8, 4) is 0 Å². The summed E-state index contributed by atoms with van der Waals surface area (Å²) in [4.78, 5) is 16.2. The van der Waals surface area contributed by atoms with E-state index in [0.29, 0.717) is 25.1 Å². The third kappa shape index (κ3) is 8.88. The summed E-state index contributed by atoms with van der Waals surface area (Å²) >= 11 is 0. The fourth-order valence-electron chi connectivity index (χ4n) is 3.82. The molecule has 2 saturated carbocycles. The minimum absolute atomic E-state index is 0.140. The van der Waals surface area contributed by atoms with Gasteiger partial charge in [0.25, 0.3) is 0 Å². The minimum Gasteiger partial charge on any atom is -0.378 e. The Hall–Kier alpha value is -1.30. The lowest BCUT2D eigenvalue weighted by Crippen LogP contribution is -2.41. The number of hydrogen-bond acceptors (Lipinski definition) is 3. The molecule has 6 nitrogen and oxygen atoms in total. The molecule has 3 N–H and O–H groups in total. The van der Waals surface area contributed by atoms with E-state index in [9.17, 15) is 4.79 Å². The number of aliphatic imine (C=N–C) groups is 1. The predicted molar refractivity (Wildman–Crippen MR) is 106 cm³/mol. The number of nitrogens with one attached hydrogen (secondary N) is 3. The lowest BCUT2D eigenvalue weighted by Gasteiger charge is -2.23. The average molecular weight is 367 g/mol. The van der Waals surface area contributed by atoms with Gasteiger partial charge >= 0.3 is 0 Å². The highest BCUT2D eigenvalue weighted by atomic mass is 16.5. The molecule has 0 radical (unpaired) electrons. The summed E-state index contributed by atoms with van der Waals surface area (Å²) in [5, 5.41) is 9.65. The first-order valence-electron chi connectivity index (χ1n) is 10.6. The molecule has 0 saturated heterocycles. The zero-order valence-corrected chi connectivity index (χ0v) is 16.5. The van der Waals surface area contributed by atoms with Crippen molar-refractivity contribution in [2.45, 2.75) is 89.2 Å². The minimum atomic E-state index is 0.140. The van der Waals surface area contributed by atoms with Crippen LogP contribution in [-0.2, 0) is 9.53 Å². The first-order chi connectivity index (χ1) is 12.8. The Balaban J connectivity index is 1.47. The largest absolute Gasteiger partial charge is 0.378 e. The van der Waals surface area contributed by atoms with Crippen LogP contribution >= 0.6 is 0 Å². The van der Waals surface area contributed by atoms with Gasteiger partial charge in [-0.3, -0.25) is 9.79 Å². The lowest BCUT2D eigenvalue weighted by atomic mass is 9.95. The maximum atomic E-state index is 12.0. The highest BCUT2D eigenvalue weighted by Gasteiger charge is 2.15. The molecular formula is C20H38N4O2. The van der Waals surface area contributed by atoms with E-state index in [2.05, 4.69) is 20.9 Å². The fourth-order valence-corrected chi connectivity index (χ4v) is 3.82. The van der Waals surface area contributed by atoms with Gasteiger partial charge in [-0.15, -0.1) is 0 Å². The molecule has 0 bridgehead atoms. The smallest absolute Gasteiger partial charge is 0.221 e. The summed E-state index contributed by atoms with van der Waals surface area (Å²) in [6.07, 6.45) is 14.4. The van der Waals surface area contributed by atoms with Crippen LogP contribution in [-0.4, -0.2) is 50.8 Å². The summed E-state index contributed by atoms with van der Waals surface area (Å²) < 4.78 is 5.93. The second-order valence-electron chi connectivity index (χ2n) is 7.56. The molecule has 0 unspecified atom stereocenters. The monoisotopic (exact) mass is 366 g/mol. The van der Waals surface area contributed by atoms with Crippen LogP contribution in [0.5, 0.6) is 0 Å². The molecular weight excluding hydrogens is 328 g/mol. The molecule has 2 rings (SSSR count). The van der Waals surface area contributed by atoms with Gasteiger partial charge in [0.05, 0.1) is 6.10 Å². The van der Waals surface area contributed by atoms with Crippen LogP contribution in [0.1, 0.15) is 77.0 Å². The van der Waals surface area contributed by atoms with Crippen LogP contribution in [0.2, 0.25) is 0 Å². The maximum Gasteiger partial charge on any atom is 0.221 e. The number of guanidine groups is 1. The van der Waals surface area contributed by atoms with Crippen molar-refractivity contribution < 1.29 is 9.53 Å². The molecule has 0 spiro atoms. The topological polar surface area (TPSA) is 74.8 Å². The summed E-state index contributed by atoms with van der Waals surface area (Å²) in [6, 6.07) is 0.387. The fraction of sp³-hybridized carbons (Fsp3) is 0.900. The van der Waals surface area contributed by atoms with E-state index in [-0.39, 0.29) is 5.91 Å². The molecule has 2 aliphatic carbocycles. The van der Waals surface area contributed by atoms with E-state index >= 15 is 0 Å². The molecule has 26 heavy (non-hydrogen) atoms. The third-order valence-electron chi connectivity index (χ3n) is 5.36. The Kier molecular flexibility index (Phi) is 10.5. The lowest BCUT2D eigenvalue weighted by molar-refractivity contribution is -0.121. The number of carbonyl (C=O) groups excluding carboxylic acids is 1. The first-order valence-corrected chi connectivity index (χ1v) is 10.6. The molecule has 2 aliphatic rings. The van der Waals surface area contributed by atoms with Crippen molar-refractivity contribution in [3.05, 3.63) is 0 Å². The van der Waals surface area contributed by atoms with E-state index in [1.807, 2.05) is 0 Å². The van der Waals surface area contributed by atoms with Crippen molar-refractivity contribution in [2.24, 2.45) is 4.99 Å². The highest BCUT2D eigenvalue weighted by Crippen LogP contribution is 2.20. The van der Waals surface area contributed by atoms with Crippen molar-refractivity contribution in [3.63, 3.8) is 0 Å². The Morgan fingerprint density at radius 2 is 1.62 bits per heavy atom. The Morgan fingerprint density at radius 3 is 2.31 bits per heavy atom. The number of nitrogens with zero attached hydrogens (tertiary/aromatic N) is 1. The molecule has 0 aromatic heterocycles. The number of rotatable bonds is 9. The van der Waals surface area contributed by atoms with Gasteiger partial charge < -0.3 is 20.7 Å². The van der Waals surface area contributed by atoms with Gasteiger partial charge in [0.15, 0.2) is 5.96 Å². The van der Waals surface area contributed by atoms with Crippen LogP contribution < -0.4 is 16.0 Å². The number of amides is 1. The van der Waals surface area contributed by atoms with Crippen molar-refractivity contribution in [1.29, 1.82) is 0 Å². The third-order valence-corrected chi connectivity index (χ3v) is 5.36. The molecule has 0 aromatic carbocycles. The predicted octanol–water partition coefficient (Wildman–Crippen LogP) is 2.73. The van der Waals surface area contributed by atoms with Crippen LogP contribution in [0.15, 0.2) is 4.99 Å². The van der Waals surface area contributed by atoms with Gasteiger partial charge in [-0.1, -0.05) is 38.5 Å². The van der Waals surface area contributed by atoms with Gasteiger partial charge in [-0.2, -0.15) is 0 Å². The molecule has 6 heteroatoms. The van der Waals surface area contributed by atoms with E-state index in [4.69, 9.17) is 4.74 Å². The van der Waals surface area contributed by atoms with E-state index in [0.717, 1.165) is 38.4 Å². The Labute approximate surface area is 158 Å². The van der Waals surface area contributed by atoms with Crippen molar-refractivity contribution >= 4 is 11.9 Å². The number of hydrogen-bond donors (Lipinski definition) is 3. The standard InChI is InChI=1S/C20H38N4O2/c1-21-20(22-14-8-16-26-18-11-6-3-7-12-18)23-15-13-19(25)24-17-9-4-2-5-10-17/h17-18H,2-16H2,1H3,(H,24,25)(H2,21,22,23). The summed E-state index contributed by atoms with van der Waals surface area (Å²) in [5.74, 6) is 0.897. The van der Waals surface area contributed by atoms with Crippen LogP contribution in [0, 0.1) is 0 Å². The van der Waals surface area contributed by atoms with Gasteiger partial charge in [-0.25, -0.2) is 0 Å². The quantitative estimate of drug-likeness (QED) is 0.333. The maximum absolute atomic E-state index is 12.0. The molecule has 0 atom stereocenters. The zero-order chi connectivity index (χ0) is 18.5. The SMILES string of the molecule is CN=C(NCCCOC1CCCCC1)NCCC(=O)NC1CCCCC1. The first kappa shape index (κ1) is 21.0. The zero-order valence-electron chi connectivity index (χ0n) is 16.5. The summed E-state index contributed by atoms with van der Waals surface area (Å²) in [7, 11) is 1.76. The molecule has 0 aromatic rings. The Bertz CT molecular complexity index is 416. The van der Waals surface area contributed by atoms with Crippen LogP contribution in [0.3, 0.4) is 0 Å². The van der Waals surface area contributed by atoms with Gasteiger partial charge in [0.1, 0.15) is 0 Å². The van der Waals surface area contributed by atoms with E-state index in [1.54, 1.807) is 7.05 Å². The van der Waals surface area contributed by atoms with Crippen LogP contribution in [0.4, 0.5) is 0 Å². The average Bonchev–Trinajstić information content (AvgIpc) is 2.68. The molecule has 1 amide bonds. The Morgan fingerprint density at radius 1 is 0.962 bits per heavy atom.